The molecule has 84 valence electrons. The van der Waals surface area contributed by atoms with Crippen molar-refractivity contribution in [3.05, 3.63) is 28.0 Å². The van der Waals surface area contributed by atoms with Crippen LogP contribution in [0.4, 0.5) is 5.88 Å². The summed E-state index contributed by atoms with van der Waals surface area (Å²) in [5, 5.41) is 10.4. The quantitative estimate of drug-likeness (QED) is 0.562. The minimum Gasteiger partial charge on any atom is -0.404 e. The van der Waals surface area contributed by atoms with Gasteiger partial charge in [0.15, 0.2) is 0 Å². The first-order valence-electron chi connectivity index (χ1n) is 4.75. The van der Waals surface area contributed by atoms with E-state index in [0.717, 1.165) is 13.0 Å². The zero-order valence-electron chi connectivity index (χ0n) is 8.68. The molecule has 1 aromatic rings. The van der Waals surface area contributed by atoms with Gasteiger partial charge in [-0.25, -0.2) is 0 Å². The molecule has 6 heteroatoms. The van der Waals surface area contributed by atoms with E-state index in [-0.39, 0.29) is 5.88 Å². The zero-order valence-corrected chi connectivity index (χ0v) is 8.68. The highest BCUT2D eigenvalue weighted by Crippen LogP contribution is 2.16. The van der Waals surface area contributed by atoms with Gasteiger partial charge in [0.2, 0.25) is 0 Å². The minimum atomic E-state index is -0.538. The number of nitrogens with zero attached hydrogens (tertiary/aromatic N) is 2. The molecular formula is C9H15N3O3. The van der Waals surface area contributed by atoms with Crippen molar-refractivity contribution in [3.63, 3.8) is 0 Å². The highest BCUT2D eigenvalue weighted by atomic mass is 16.6. The van der Waals surface area contributed by atoms with Crippen molar-refractivity contribution in [1.29, 1.82) is 0 Å². The van der Waals surface area contributed by atoms with E-state index in [1.54, 1.807) is 6.07 Å². The fourth-order valence-electron chi connectivity index (χ4n) is 1.26. The maximum Gasteiger partial charge on any atom is 0.433 e. The molecule has 1 rings (SSSR count). The molecule has 0 bridgehead atoms. The van der Waals surface area contributed by atoms with Crippen LogP contribution in [0.3, 0.4) is 0 Å². The first-order valence-corrected chi connectivity index (χ1v) is 4.75. The average Bonchev–Trinajstić information content (AvgIpc) is 2.63. The summed E-state index contributed by atoms with van der Waals surface area (Å²) in [4.78, 5) is 11.8. The molecule has 15 heavy (non-hydrogen) atoms. The highest BCUT2D eigenvalue weighted by Gasteiger charge is 2.12. The van der Waals surface area contributed by atoms with Gasteiger partial charge in [-0.2, -0.15) is 0 Å². The Morgan fingerprint density at radius 2 is 2.33 bits per heavy atom. The molecule has 0 unspecified atom stereocenters. The predicted octanol–water partition coefficient (Wildman–Crippen LogP) is 0.968. The van der Waals surface area contributed by atoms with Gasteiger partial charge in [-0.15, -0.1) is 0 Å². The van der Waals surface area contributed by atoms with Crippen LogP contribution >= 0.6 is 0 Å². The van der Waals surface area contributed by atoms with Crippen LogP contribution < -0.4 is 5.73 Å². The van der Waals surface area contributed by atoms with Crippen LogP contribution in [0.25, 0.3) is 0 Å². The Balaban J connectivity index is 2.46. The van der Waals surface area contributed by atoms with E-state index in [9.17, 15) is 10.1 Å². The molecule has 0 radical (unpaired) electrons. The lowest BCUT2D eigenvalue weighted by molar-refractivity contribution is -0.402. The van der Waals surface area contributed by atoms with Crippen LogP contribution in [-0.2, 0) is 6.54 Å². The first kappa shape index (κ1) is 11.7. The average molecular weight is 213 g/mol. The van der Waals surface area contributed by atoms with Crippen molar-refractivity contribution >= 4 is 5.88 Å². The maximum atomic E-state index is 10.4. The zero-order chi connectivity index (χ0) is 11.3. The van der Waals surface area contributed by atoms with Crippen LogP contribution in [0.5, 0.6) is 0 Å². The molecule has 0 aliphatic rings. The molecule has 0 fully saturated rings. The molecule has 0 amide bonds. The molecule has 0 saturated carbocycles. The molecular weight excluding hydrogens is 198 g/mol. The molecule has 0 aliphatic carbocycles. The van der Waals surface area contributed by atoms with Gasteiger partial charge < -0.3 is 10.2 Å². The summed E-state index contributed by atoms with van der Waals surface area (Å²) < 4.78 is 5.02. The van der Waals surface area contributed by atoms with Gasteiger partial charge >= 0.3 is 5.88 Å². The van der Waals surface area contributed by atoms with Gasteiger partial charge in [0.05, 0.1) is 12.6 Å². The lowest BCUT2D eigenvalue weighted by Gasteiger charge is -2.13. The number of furan rings is 1. The van der Waals surface area contributed by atoms with Crippen molar-refractivity contribution in [1.82, 2.24) is 4.90 Å². The summed E-state index contributed by atoms with van der Waals surface area (Å²) >= 11 is 0. The van der Waals surface area contributed by atoms with E-state index in [1.807, 2.05) is 11.9 Å². The lowest BCUT2D eigenvalue weighted by Crippen LogP contribution is -2.20. The Morgan fingerprint density at radius 1 is 1.60 bits per heavy atom. The molecule has 0 aliphatic heterocycles. The third-order valence-corrected chi connectivity index (χ3v) is 2.00. The second kappa shape index (κ2) is 5.47. The molecule has 0 spiro atoms. The monoisotopic (exact) mass is 213 g/mol. The topological polar surface area (TPSA) is 85.5 Å². The van der Waals surface area contributed by atoms with Crippen LogP contribution in [0.15, 0.2) is 16.5 Å². The Labute approximate surface area is 87.8 Å². The van der Waals surface area contributed by atoms with Crippen molar-refractivity contribution < 1.29 is 9.34 Å². The third-order valence-electron chi connectivity index (χ3n) is 2.00. The van der Waals surface area contributed by atoms with E-state index in [4.69, 9.17) is 10.2 Å². The van der Waals surface area contributed by atoms with Crippen molar-refractivity contribution in [2.75, 3.05) is 20.1 Å². The number of rotatable bonds is 6. The maximum absolute atomic E-state index is 10.4. The number of nitrogens with two attached hydrogens (primary N) is 1. The van der Waals surface area contributed by atoms with E-state index in [0.29, 0.717) is 18.8 Å². The Bertz CT molecular complexity index is 324. The smallest absolute Gasteiger partial charge is 0.404 e. The molecule has 6 nitrogen and oxygen atoms in total. The van der Waals surface area contributed by atoms with Gasteiger partial charge in [0.1, 0.15) is 10.7 Å². The highest BCUT2D eigenvalue weighted by molar-refractivity contribution is 5.17. The summed E-state index contributed by atoms with van der Waals surface area (Å²) in [6.07, 6.45) is 0.902. The summed E-state index contributed by atoms with van der Waals surface area (Å²) in [7, 11) is 1.92. The second-order valence-electron chi connectivity index (χ2n) is 3.38. The van der Waals surface area contributed by atoms with Gasteiger partial charge in [0, 0.05) is 0 Å². The molecule has 2 N–H and O–H groups in total. The molecule has 1 aromatic heterocycles. The van der Waals surface area contributed by atoms with Crippen LogP contribution in [0.2, 0.25) is 0 Å². The summed E-state index contributed by atoms with van der Waals surface area (Å²) in [6, 6.07) is 2.99. The van der Waals surface area contributed by atoms with Gasteiger partial charge in [0.25, 0.3) is 0 Å². The van der Waals surface area contributed by atoms with Crippen molar-refractivity contribution in [3.8, 4) is 0 Å². The fraction of sp³-hybridized carbons (Fsp3) is 0.556. The van der Waals surface area contributed by atoms with Crippen LogP contribution in [-0.4, -0.2) is 30.0 Å². The molecule has 0 aromatic carbocycles. The summed E-state index contributed by atoms with van der Waals surface area (Å²) in [5.41, 5.74) is 5.37. The summed E-state index contributed by atoms with van der Waals surface area (Å²) in [6.45, 7) is 2.06. The van der Waals surface area contributed by atoms with E-state index >= 15 is 0 Å². The van der Waals surface area contributed by atoms with Crippen LogP contribution in [0, 0.1) is 10.1 Å². The molecule has 1 heterocycles. The Morgan fingerprint density at radius 3 is 2.87 bits per heavy atom. The SMILES string of the molecule is CN(CCCN)Cc1ccc([N+](=O)[O-])o1. The molecule has 0 atom stereocenters. The van der Waals surface area contributed by atoms with Gasteiger partial charge in [-0.05, 0) is 32.6 Å². The normalized spacial score (nSPS) is 10.9. The number of hydrogen-bond acceptors (Lipinski definition) is 5. The third kappa shape index (κ3) is 3.69. The van der Waals surface area contributed by atoms with Crippen LogP contribution in [0.1, 0.15) is 12.2 Å². The van der Waals surface area contributed by atoms with Crippen molar-refractivity contribution in [2.24, 2.45) is 5.73 Å². The first-order chi connectivity index (χ1) is 7.13. The summed E-state index contributed by atoms with van der Waals surface area (Å²) in [5.74, 6) is 0.387. The van der Waals surface area contributed by atoms with Crippen molar-refractivity contribution in [2.45, 2.75) is 13.0 Å². The second-order valence-corrected chi connectivity index (χ2v) is 3.38. The van der Waals surface area contributed by atoms with Gasteiger partial charge in [-0.3, -0.25) is 15.0 Å². The predicted molar refractivity (Wildman–Crippen MR) is 55.4 cm³/mol. The minimum absolute atomic E-state index is 0.211. The number of hydrogen-bond donors (Lipinski definition) is 1. The Kier molecular flexibility index (Phi) is 4.26. The standard InChI is InChI=1S/C9H15N3O3/c1-11(6-2-5-10)7-8-3-4-9(15-8)12(13)14/h3-4H,2,5-7,10H2,1H3. The van der Waals surface area contributed by atoms with E-state index in [1.165, 1.54) is 6.07 Å². The van der Waals surface area contributed by atoms with E-state index in [2.05, 4.69) is 0 Å². The largest absolute Gasteiger partial charge is 0.433 e. The van der Waals surface area contributed by atoms with Gasteiger partial charge in [-0.1, -0.05) is 0 Å². The Hall–Kier alpha value is -1.40. The molecule has 0 saturated heterocycles. The lowest BCUT2D eigenvalue weighted by atomic mass is 10.3. The number of nitro groups is 1. The fourth-order valence-corrected chi connectivity index (χ4v) is 1.26. The van der Waals surface area contributed by atoms with E-state index < -0.39 is 4.92 Å².